The molecule has 0 fully saturated rings. The molecular weight excluding hydrogens is 412 g/mol. The van der Waals surface area contributed by atoms with Crippen molar-refractivity contribution in [3.8, 4) is 0 Å². The summed E-state index contributed by atoms with van der Waals surface area (Å²) in [6.45, 7) is 5.11. The molecule has 0 saturated heterocycles. The maximum absolute atomic E-state index is 13.0. The second-order valence-corrected chi connectivity index (χ2v) is 10.9. The second-order valence-electron chi connectivity index (χ2n) is 7.83. The van der Waals surface area contributed by atoms with Crippen LogP contribution in [-0.2, 0) is 30.8 Å². The fourth-order valence-corrected chi connectivity index (χ4v) is 5.57. The number of esters is 1. The van der Waals surface area contributed by atoms with Crippen LogP contribution < -0.4 is 9.62 Å². The van der Waals surface area contributed by atoms with Crippen molar-refractivity contribution in [2.45, 2.75) is 37.8 Å². The number of thiophene rings is 1. The maximum atomic E-state index is 13.0. The molecule has 1 amide bonds. The summed E-state index contributed by atoms with van der Waals surface area (Å²) in [5, 5.41) is 4.40. The fraction of sp³-hybridized carbons (Fsp3) is 0.400. The van der Waals surface area contributed by atoms with Gasteiger partial charge in [0.1, 0.15) is 4.21 Å². The summed E-state index contributed by atoms with van der Waals surface area (Å²) in [6, 6.07) is 8.50. The molecule has 0 aliphatic carbocycles. The van der Waals surface area contributed by atoms with Crippen molar-refractivity contribution in [3.63, 3.8) is 0 Å². The average Bonchev–Trinajstić information content (AvgIpc) is 3.20. The Morgan fingerprint density at radius 3 is 2.66 bits per heavy atom. The minimum absolute atomic E-state index is 0.286. The van der Waals surface area contributed by atoms with E-state index in [1.165, 1.54) is 15.6 Å². The number of nitrogens with zero attached hydrogens (tertiary/aromatic N) is 1. The largest absolute Gasteiger partial charge is 0.455 e. The molecule has 2 heterocycles. The number of amides is 1. The quantitative estimate of drug-likeness (QED) is 0.725. The van der Waals surface area contributed by atoms with Gasteiger partial charge in [-0.2, -0.15) is 0 Å². The van der Waals surface area contributed by atoms with Crippen LogP contribution in [0.5, 0.6) is 0 Å². The lowest BCUT2D eigenvalue weighted by Gasteiger charge is -2.30. The Kier molecular flexibility index (Phi) is 6.00. The fourth-order valence-electron chi connectivity index (χ4n) is 2.93. The van der Waals surface area contributed by atoms with Gasteiger partial charge in [-0.1, -0.05) is 12.1 Å². The molecule has 0 spiro atoms. The van der Waals surface area contributed by atoms with Crippen LogP contribution in [0.2, 0.25) is 0 Å². The van der Waals surface area contributed by atoms with Gasteiger partial charge in [0.05, 0.1) is 11.1 Å². The number of carbonyl (C=O) groups is 2. The first kappa shape index (κ1) is 21.3. The zero-order chi connectivity index (χ0) is 21.2. The summed E-state index contributed by atoms with van der Waals surface area (Å²) in [4.78, 5) is 24.0. The first-order valence-corrected chi connectivity index (χ1v) is 11.6. The Morgan fingerprint density at radius 2 is 2.00 bits per heavy atom. The van der Waals surface area contributed by atoms with Gasteiger partial charge >= 0.3 is 5.97 Å². The van der Waals surface area contributed by atoms with Crippen molar-refractivity contribution >= 4 is 44.6 Å². The first-order chi connectivity index (χ1) is 13.6. The minimum atomic E-state index is -3.65. The van der Waals surface area contributed by atoms with Crippen LogP contribution in [0.4, 0.5) is 11.4 Å². The number of anilines is 2. The summed E-state index contributed by atoms with van der Waals surface area (Å²) < 4.78 is 32.7. The third-order valence-electron chi connectivity index (χ3n) is 4.43. The van der Waals surface area contributed by atoms with Crippen LogP contribution in [-0.4, -0.2) is 33.4 Å². The van der Waals surface area contributed by atoms with Crippen molar-refractivity contribution in [2.24, 2.45) is 5.41 Å². The molecule has 0 atom stereocenters. The predicted molar refractivity (Wildman–Crippen MR) is 113 cm³/mol. The van der Waals surface area contributed by atoms with Crippen LogP contribution in [0.1, 0.15) is 32.8 Å². The van der Waals surface area contributed by atoms with E-state index in [4.69, 9.17) is 4.74 Å². The molecule has 1 aliphatic heterocycles. The molecule has 0 radical (unpaired) electrons. The molecule has 0 unspecified atom stereocenters. The van der Waals surface area contributed by atoms with Gasteiger partial charge in [0.15, 0.2) is 6.61 Å². The molecule has 156 valence electrons. The van der Waals surface area contributed by atoms with E-state index in [-0.39, 0.29) is 4.21 Å². The Labute approximate surface area is 174 Å². The highest BCUT2D eigenvalue weighted by atomic mass is 32.2. The van der Waals surface area contributed by atoms with Crippen LogP contribution in [0.3, 0.4) is 0 Å². The number of hydrogen-bond acceptors (Lipinski definition) is 6. The lowest BCUT2D eigenvalue weighted by atomic mass is 9.97. The standard InChI is InChI=1S/C20H24N2O5S2/c1-20(2,3)19(24)27-13-17(23)21-15-9-8-14-6-4-10-22(16(14)12-15)29(25,26)18-7-5-11-28-18/h5,7-9,11-12H,4,6,10,13H2,1-3H3,(H,21,23). The van der Waals surface area contributed by atoms with E-state index in [1.54, 1.807) is 50.4 Å². The number of hydrogen-bond donors (Lipinski definition) is 1. The summed E-state index contributed by atoms with van der Waals surface area (Å²) in [6.07, 6.45) is 1.50. The molecule has 1 aromatic carbocycles. The molecule has 2 aromatic rings. The third kappa shape index (κ3) is 4.79. The van der Waals surface area contributed by atoms with E-state index in [9.17, 15) is 18.0 Å². The first-order valence-electron chi connectivity index (χ1n) is 9.25. The van der Waals surface area contributed by atoms with E-state index in [0.29, 0.717) is 17.9 Å². The topological polar surface area (TPSA) is 92.8 Å². The maximum Gasteiger partial charge on any atom is 0.311 e. The highest BCUT2D eigenvalue weighted by Gasteiger charge is 2.30. The monoisotopic (exact) mass is 436 g/mol. The normalized spacial score (nSPS) is 14.2. The molecule has 3 rings (SSSR count). The number of sulfonamides is 1. The zero-order valence-corrected chi connectivity index (χ0v) is 18.2. The second kappa shape index (κ2) is 8.16. The van der Waals surface area contributed by atoms with Crippen LogP contribution in [0.25, 0.3) is 0 Å². The Morgan fingerprint density at radius 1 is 1.24 bits per heavy atom. The van der Waals surface area contributed by atoms with Gasteiger partial charge in [0.25, 0.3) is 15.9 Å². The number of ether oxygens (including phenoxy) is 1. The predicted octanol–water partition coefficient (Wildman–Crippen LogP) is 3.42. The molecule has 1 aliphatic rings. The van der Waals surface area contributed by atoms with Gasteiger partial charge in [0, 0.05) is 12.2 Å². The number of nitrogens with one attached hydrogen (secondary N) is 1. The van der Waals surface area contributed by atoms with Crippen molar-refractivity contribution in [3.05, 3.63) is 41.3 Å². The van der Waals surface area contributed by atoms with Gasteiger partial charge in [0.2, 0.25) is 0 Å². The minimum Gasteiger partial charge on any atom is -0.455 e. The van der Waals surface area contributed by atoms with E-state index >= 15 is 0 Å². The summed E-state index contributed by atoms with van der Waals surface area (Å²) in [7, 11) is -3.65. The molecule has 7 nitrogen and oxygen atoms in total. The molecular formula is C20H24N2O5S2. The van der Waals surface area contributed by atoms with Crippen molar-refractivity contribution < 1.29 is 22.7 Å². The van der Waals surface area contributed by atoms with E-state index < -0.39 is 33.9 Å². The van der Waals surface area contributed by atoms with Crippen LogP contribution >= 0.6 is 11.3 Å². The van der Waals surface area contributed by atoms with Crippen molar-refractivity contribution in [1.29, 1.82) is 0 Å². The Balaban J connectivity index is 1.77. The van der Waals surface area contributed by atoms with Crippen LogP contribution in [0.15, 0.2) is 39.9 Å². The Bertz CT molecular complexity index is 1010. The highest BCUT2D eigenvalue weighted by Crippen LogP contribution is 2.35. The van der Waals surface area contributed by atoms with E-state index in [2.05, 4.69) is 5.32 Å². The number of fused-ring (bicyclic) bond motifs is 1. The smallest absolute Gasteiger partial charge is 0.311 e. The summed E-state index contributed by atoms with van der Waals surface area (Å²) in [5.41, 5.74) is 1.24. The SMILES string of the molecule is CC(C)(C)C(=O)OCC(=O)Nc1ccc2c(c1)N(S(=O)(=O)c1cccs1)CCC2. The Hall–Kier alpha value is -2.39. The highest BCUT2D eigenvalue weighted by molar-refractivity contribution is 7.94. The summed E-state index contributed by atoms with van der Waals surface area (Å²) in [5.74, 6) is -0.947. The average molecular weight is 437 g/mol. The summed E-state index contributed by atoms with van der Waals surface area (Å²) >= 11 is 1.18. The number of rotatable bonds is 5. The van der Waals surface area contributed by atoms with Crippen molar-refractivity contribution in [1.82, 2.24) is 0 Å². The lowest BCUT2D eigenvalue weighted by molar-refractivity contribution is -0.155. The van der Waals surface area contributed by atoms with Gasteiger partial charge in [-0.05, 0) is 62.8 Å². The van der Waals surface area contributed by atoms with Gasteiger partial charge in [-0.3, -0.25) is 13.9 Å². The zero-order valence-electron chi connectivity index (χ0n) is 16.6. The van der Waals surface area contributed by atoms with Gasteiger partial charge in [-0.25, -0.2) is 8.42 Å². The molecule has 0 bridgehead atoms. The third-order valence-corrected chi connectivity index (χ3v) is 7.62. The van der Waals surface area contributed by atoms with Gasteiger partial charge in [-0.15, -0.1) is 11.3 Å². The van der Waals surface area contributed by atoms with Crippen molar-refractivity contribution in [2.75, 3.05) is 22.8 Å². The molecule has 9 heteroatoms. The lowest BCUT2D eigenvalue weighted by Crippen LogP contribution is -2.35. The van der Waals surface area contributed by atoms with E-state index in [0.717, 1.165) is 18.4 Å². The molecule has 1 aromatic heterocycles. The number of benzene rings is 1. The molecule has 0 saturated carbocycles. The molecule has 1 N–H and O–H groups in total. The van der Waals surface area contributed by atoms with Gasteiger partial charge < -0.3 is 10.1 Å². The number of aryl methyl sites for hydroxylation is 1. The number of carbonyl (C=O) groups excluding carboxylic acids is 2. The molecule has 29 heavy (non-hydrogen) atoms. The van der Waals surface area contributed by atoms with Crippen LogP contribution in [0, 0.1) is 5.41 Å². The van der Waals surface area contributed by atoms with E-state index in [1.807, 2.05) is 6.07 Å².